The quantitative estimate of drug-likeness (QED) is 0.875. The topological polar surface area (TPSA) is 76.2 Å². The Kier molecular flexibility index (Phi) is 2.91. The van der Waals surface area contributed by atoms with Crippen LogP contribution in [0.1, 0.15) is 17.0 Å². The summed E-state index contributed by atoms with van der Waals surface area (Å²) in [7, 11) is 0. The molecule has 2 aromatic heterocycles. The van der Waals surface area contributed by atoms with Crippen LogP contribution in [0.25, 0.3) is 11.4 Å². The molecule has 0 fully saturated rings. The van der Waals surface area contributed by atoms with Gasteiger partial charge in [-0.2, -0.15) is 0 Å². The van der Waals surface area contributed by atoms with Crippen molar-refractivity contribution >= 4 is 5.97 Å². The molecule has 0 aliphatic carbocycles. The van der Waals surface area contributed by atoms with Crippen molar-refractivity contribution in [3.63, 3.8) is 0 Å². The molecule has 88 valence electrons. The van der Waals surface area contributed by atoms with Crippen molar-refractivity contribution in [2.45, 2.75) is 20.3 Å². The highest BCUT2D eigenvalue weighted by Crippen LogP contribution is 2.19. The second-order valence-corrected chi connectivity index (χ2v) is 3.78. The van der Waals surface area contributed by atoms with Gasteiger partial charge in [-0.15, -0.1) is 0 Å². The number of nitrogens with zero attached hydrogens (tertiary/aromatic N) is 2. The Bertz CT molecular complexity index is 524. The summed E-state index contributed by atoms with van der Waals surface area (Å²) in [5.74, 6) is -0.321. The molecule has 2 aromatic rings. The predicted molar refractivity (Wildman–Crippen MR) is 60.5 cm³/mol. The van der Waals surface area contributed by atoms with E-state index in [-0.39, 0.29) is 6.42 Å². The zero-order valence-electron chi connectivity index (χ0n) is 9.60. The lowest BCUT2D eigenvalue weighted by Crippen LogP contribution is -2.08. The molecule has 0 spiro atoms. The van der Waals surface area contributed by atoms with Gasteiger partial charge in [-0.25, -0.2) is 9.97 Å². The summed E-state index contributed by atoms with van der Waals surface area (Å²) in [6.45, 7) is 3.58. The normalized spacial score (nSPS) is 10.5. The fraction of sp³-hybridized carbons (Fsp3) is 0.250. The number of carboxylic acids is 1. The van der Waals surface area contributed by atoms with E-state index in [1.54, 1.807) is 32.4 Å². The largest absolute Gasteiger partial charge is 0.481 e. The lowest BCUT2D eigenvalue weighted by atomic mass is 10.1. The van der Waals surface area contributed by atoms with Gasteiger partial charge in [0.1, 0.15) is 6.26 Å². The zero-order chi connectivity index (χ0) is 12.4. The molecule has 0 amide bonds. The van der Waals surface area contributed by atoms with Gasteiger partial charge in [0.05, 0.1) is 18.2 Å². The number of furan rings is 1. The molecule has 2 heterocycles. The Balaban J connectivity index is 2.45. The van der Waals surface area contributed by atoms with Gasteiger partial charge >= 0.3 is 5.97 Å². The number of hydrogen-bond donors (Lipinski definition) is 1. The molecule has 1 N–H and O–H groups in total. The Labute approximate surface area is 98.1 Å². The summed E-state index contributed by atoms with van der Waals surface area (Å²) in [4.78, 5) is 19.3. The van der Waals surface area contributed by atoms with Crippen molar-refractivity contribution in [3.05, 3.63) is 35.5 Å². The lowest BCUT2D eigenvalue weighted by Gasteiger charge is -2.07. The Hall–Kier alpha value is -2.17. The number of aryl methyl sites for hydroxylation is 2. The minimum atomic E-state index is -0.879. The van der Waals surface area contributed by atoms with E-state index in [9.17, 15) is 4.79 Å². The molecule has 0 aliphatic heterocycles. The van der Waals surface area contributed by atoms with Gasteiger partial charge in [-0.1, -0.05) is 0 Å². The minimum Gasteiger partial charge on any atom is -0.481 e. The first kappa shape index (κ1) is 11.3. The average Bonchev–Trinajstić information content (AvgIpc) is 2.76. The first-order valence-corrected chi connectivity index (χ1v) is 5.16. The van der Waals surface area contributed by atoms with E-state index in [1.165, 1.54) is 0 Å². The Morgan fingerprint density at radius 2 is 2.00 bits per heavy atom. The van der Waals surface area contributed by atoms with E-state index in [0.29, 0.717) is 22.8 Å². The van der Waals surface area contributed by atoms with E-state index in [0.717, 1.165) is 5.56 Å². The van der Waals surface area contributed by atoms with Gasteiger partial charge in [0, 0.05) is 17.0 Å². The number of aliphatic carboxylic acids is 1. The van der Waals surface area contributed by atoms with Crippen molar-refractivity contribution in [2.75, 3.05) is 0 Å². The van der Waals surface area contributed by atoms with Crippen LogP contribution in [-0.4, -0.2) is 21.0 Å². The van der Waals surface area contributed by atoms with Crippen molar-refractivity contribution < 1.29 is 14.3 Å². The van der Waals surface area contributed by atoms with Gasteiger partial charge in [0.25, 0.3) is 0 Å². The summed E-state index contributed by atoms with van der Waals surface area (Å²) in [5, 5.41) is 8.80. The van der Waals surface area contributed by atoms with Gasteiger partial charge in [-0.3, -0.25) is 4.79 Å². The molecule has 0 saturated heterocycles. The van der Waals surface area contributed by atoms with Crippen molar-refractivity contribution in [1.82, 2.24) is 9.97 Å². The van der Waals surface area contributed by atoms with E-state index in [1.807, 2.05) is 0 Å². The lowest BCUT2D eigenvalue weighted by molar-refractivity contribution is -0.136. The van der Waals surface area contributed by atoms with Crippen molar-refractivity contribution in [3.8, 4) is 11.4 Å². The van der Waals surface area contributed by atoms with Crippen molar-refractivity contribution in [2.24, 2.45) is 0 Å². The fourth-order valence-electron chi connectivity index (χ4n) is 1.67. The molecule has 0 unspecified atom stereocenters. The van der Waals surface area contributed by atoms with E-state index in [2.05, 4.69) is 9.97 Å². The van der Waals surface area contributed by atoms with Crippen LogP contribution in [0.5, 0.6) is 0 Å². The van der Waals surface area contributed by atoms with Gasteiger partial charge in [0.2, 0.25) is 0 Å². The third-order valence-electron chi connectivity index (χ3n) is 2.53. The predicted octanol–water partition coefficient (Wildman–Crippen LogP) is 1.98. The molecule has 0 atom stereocenters. The molecular formula is C12H12N2O3. The summed E-state index contributed by atoms with van der Waals surface area (Å²) in [6, 6.07) is 1.77. The smallest absolute Gasteiger partial charge is 0.307 e. The summed E-state index contributed by atoms with van der Waals surface area (Å²) >= 11 is 0. The molecule has 0 bridgehead atoms. The highest BCUT2D eigenvalue weighted by molar-refractivity contribution is 5.71. The van der Waals surface area contributed by atoms with Crippen LogP contribution >= 0.6 is 0 Å². The fourth-order valence-corrected chi connectivity index (χ4v) is 1.67. The third-order valence-corrected chi connectivity index (χ3v) is 2.53. The van der Waals surface area contributed by atoms with Crippen LogP contribution in [0.15, 0.2) is 23.0 Å². The molecule has 0 aliphatic rings. The molecule has 0 aromatic carbocycles. The molecule has 5 heteroatoms. The van der Waals surface area contributed by atoms with E-state index in [4.69, 9.17) is 9.52 Å². The van der Waals surface area contributed by atoms with Crippen LogP contribution < -0.4 is 0 Å². The summed E-state index contributed by atoms with van der Waals surface area (Å²) in [5.41, 5.74) is 2.84. The van der Waals surface area contributed by atoms with E-state index < -0.39 is 5.97 Å². The number of rotatable bonds is 3. The molecule has 17 heavy (non-hydrogen) atoms. The first-order chi connectivity index (χ1) is 8.08. The van der Waals surface area contributed by atoms with E-state index >= 15 is 0 Å². The number of hydrogen-bond acceptors (Lipinski definition) is 4. The Morgan fingerprint density at radius 1 is 1.35 bits per heavy atom. The molecule has 5 nitrogen and oxygen atoms in total. The molecule has 0 saturated carbocycles. The molecular weight excluding hydrogens is 220 g/mol. The van der Waals surface area contributed by atoms with Crippen LogP contribution in [-0.2, 0) is 11.2 Å². The van der Waals surface area contributed by atoms with Crippen LogP contribution in [0.3, 0.4) is 0 Å². The highest BCUT2D eigenvalue weighted by atomic mass is 16.4. The first-order valence-electron chi connectivity index (χ1n) is 5.16. The average molecular weight is 232 g/mol. The minimum absolute atomic E-state index is 0.0522. The van der Waals surface area contributed by atoms with Crippen LogP contribution in [0.4, 0.5) is 0 Å². The second kappa shape index (κ2) is 4.37. The number of carbonyl (C=O) groups is 1. The highest BCUT2D eigenvalue weighted by Gasteiger charge is 2.13. The van der Waals surface area contributed by atoms with Gasteiger partial charge in [-0.05, 0) is 19.9 Å². The maximum Gasteiger partial charge on any atom is 0.307 e. The maximum atomic E-state index is 10.7. The third kappa shape index (κ3) is 2.33. The molecule has 0 radical (unpaired) electrons. The van der Waals surface area contributed by atoms with Crippen molar-refractivity contribution in [1.29, 1.82) is 0 Å². The SMILES string of the molecule is Cc1nc(-c2ccoc2)nc(C)c1CC(=O)O. The Morgan fingerprint density at radius 3 is 2.47 bits per heavy atom. The summed E-state index contributed by atoms with van der Waals surface area (Å²) in [6.07, 6.45) is 3.06. The van der Waals surface area contributed by atoms with Gasteiger partial charge < -0.3 is 9.52 Å². The monoisotopic (exact) mass is 232 g/mol. The standard InChI is InChI=1S/C12H12N2O3/c1-7-10(5-11(15)16)8(2)14-12(13-7)9-3-4-17-6-9/h3-4,6H,5H2,1-2H3,(H,15,16). The molecule has 2 rings (SSSR count). The van der Waals surface area contributed by atoms with Gasteiger partial charge in [0.15, 0.2) is 5.82 Å². The second-order valence-electron chi connectivity index (χ2n) is 3.78. The van der Waals surface area contributed by atoms with Crippen LogP contribution in [0, 0.1) is 13.8 Å². The van der Waals surface area contributed by atoms with Crippen LogP contribution in [0.2, 0.25) is 0 Å². The number of aromatic nitrogens is 2. The zero-order valence-corrected chi connectivity index (χ0v) is 9.60. The summed E-state index contributed by atoms with van der Waals surface area (Å²) < 4.78 is 4.97. The number of carboxylic acid groups (broad SMARTS) is 1. The maximum absolute atomic E-state index is 10.7.